The normalized spacial score (nSPS) is 21.3. The molecule has 1 atom stereocenters. The smallest absolute Gasteiger partial charge is 0.251 e. The number of hydrogen-bond acceptors (Lipinski definition) is 4. The van der Waals surface area contributed by atoms with E-state index in [2.05, 4.69) is 5.32 Å². The molecule has 1 aromatic rings. The molecule has 1 unspecified atom stereocenters. The van der Waals surface area contributed by atoms with Crippen molar-refractivity contribution in [2.45, 2.75) is 51.6 Å². The molecule has 0 saturated heterocycles. The lowest BCUT2D eigenvalue weighted by atomic mass is 9.78. The lowest BCUT2D eigenvalue weighted by Crippen LogP contribution is -2.34. The van der Waals surface area contributed by atoms with E-state index < -0.39 is 11.5 Å². The monoisotopic (exact) mass is 322 g/mol. The van der Waals surface area contributed by atoms with E-state index in [-0.39, 0.29) is 17.7 Å². The first-order valence-corrected chi connectivity index (χ1v) is 8.56. The second-order valence-corrected chi connectivity index (χ2v) is 8.03. The number of hydrogen-bond donors (Lipinski definition) is 3. The number of rotatable bonds is 4. The summed E-state index contributed by atoms with van der Waals surface area (Å²) in [5.74, 6) is -0.249. The molecule has 0 spiro atoms. The SMILES string of the molecule is CC(C)(O)C1CCc2c(sc(NC(=O)C3CC3)c2C(N)=O)C1. The van der Waals surface area contributed by atoms with Crippen LogP contribution in [0.2, 0.25) is 0 Å². The molecule has 1 fully saturated rings. The molecule has 0 aliphatic heterocycles. The molecule has 3 rings (SSSR count). The van der Waals surface area contributed by atoms with Gasteiger partial charge in [0.25, 0.3) is 5.91 Å². The van der Waals surface area contributed by atoms with Gasteiger partial charge in [-0.05, 0) is 57.4 Å². The van der Waals surface area contributed by atoms with Gasteiger partial charge in [0.15, 0.2) is 0 Å². The fourth-order valence-corrected chi connectivity index (χ4v) is 4.43. The highest BCUT2D eigenvalue weighted by molar-refractivity contribution is 7.17. The number of carbonyl (C=O) groups is 2. The Morgan fingerprint density at radius 2 is 2.00 bits per heavy atom. The van der Waals surface area contributed by atoms with E-state index >= 15 is 0 Å². The minimum atomic E-state index is -0.744. The summed E-state index contributed by atoms with van der Waals surface area (Å²) in [4.78, 5) is 24.9. The van der Waals surface area contributed by atoms with Crippen LogP contribution in [0.4, 0.5) is 5.00 Å². The van der Waals surface area contributed by atoms with Gasteiger partial charge in [-0.15, -0.1) is 11.3 Å². The van der Waals surface area contributed by atoms with Crippen molar-refractivity contribution < 1.29 is 14.7 Å². The van der Waals surface area contributed by atoms with Gasteiger partial charge >= 0.3 is 0 Å². The van der Waals surface area contributed by atoms with Crippen molar-refractivity contribution in [1.29, 1.82) is 0 Å². The molecular formula is C16H22N2O3S. The largest absolute Gasteiger partial charge is 0.390 e. The molecule has 22 heavy (non-hydrogen) atoms. The molecule has 1 saturated carbocycles. The van der Waals surface area contributed by atoms with Crippen molar-refractivity contribution >= 4 is 28.2 Å². The maximum Gasteiger partial charge on any atom is 0.251 e. The van der Waals surface area contributed by atoms with Crippen LogP contribution in [0.5, 0.6) is 0 Å². The van der Waals surface area contributed by atoms with Crippen LogP contribution in [-0.4, -0.2) is 22.5 Å². The highest BCUT2D eigenvalue weighted by Gasteiger charge is 2.36. The third-order valence-corrected chi connectivity index (χ3v) is 5.87. The fraction of sp³-hybridized carbons (Fsp3) is 0.625. The highest BCUT2D eigenvalue weighted by atomic mass is 32.1. The van der Waals surface area contributed by atoms with Gasteiger partial charge in [-0.3, -0.25) is 9.59 Å². The Labute approximate surface area is 133 Å². The third-order valence-electron chi connectivity index (χ3n) is 4.70. The Morgan fingerprint density at radius 1 is 1.32 bits per heavy atom. The van der Waals surface area contributed by atoms with Gasteiger partial charge in [0.2, 0.25) is 5.91 Å². The number of aliphatic hydroxyl groups is 1. The number of nitrogens with one attached hydrogen (secondary N) is 1. The second-order valence-electron chi connectivity index (χ2n) is 6.93. The molecule has 4 N–H and O–H groups in total. The van der Waals surface area contributed by atoms with Crippen molar-refractivity contribution in [1.82, 2.24) is 0 Å². The molecule has 120 valence electrons. The summed E-state index contributed by atoms with van der Waals surface area (Å²) >= 11 is 1.44. The number of anilines is 1. The molecule has 2 aliphatic carbocycles. The molecule has 1 heterocycles. The molecule has 2 amide bonds. The van der Waals surface area contributed by atoms with E-state index in [1.54, 1.807) is 0 Å². The number of nitrogens with two attached hydrogens (primary N) is 1. The summed E-state index contributed by atoms with van der Waals surface area (Å²) < 4.78 is 0. The minimum absolute atomic E-state index is 0.0138. The molecule has 5 nitrogen and oxygen atoms in total. The van der Waals surface area contributed by atoms with Crippen LogP contribution in [-0.2, 0) is 17.6 Å². The van der Waals surface area contributed by atoms with Crippen LogP contribution in [0.15, 0.2) is 0 Å². The zero-order valence-corrected chi connectivity index (χ0v) is 13.8. The topological polar surface area (TPSA) is 92.4 Å². The molecule has 0 radical (unpaired) electrons. The predicted octanol–water partition coefficient (Wildman–Crippen LogP) is 2.07. The van der Waals surface area contributed by atoms with Crippen LogP contribution < -0.4 is 11.1 Å². The van der Waals surface area contributed by atoms with Crippen LogP contribution in [0.25, 0.3) is 0 Å². The lowest BCUT2D eigenvalue weighted by Gasteiger charge is -2.32. The van der Waals surface area contributed by atoms with Crippen LogP contribution in [0.1, 0.15) is 53.9 Å². The number of carbonyl (C=O) groups excluding carboxylic acids is 2. The van der Waals surface area contributed by atoms with Crippen LogP contribution in [0, 0.1) is 11.8 Å². The third kappa shape index (κ3) is 2.90. The van der Waals surface area contributed by atoms with E-state index in [4.69, 9.17) is 5.73 Å². The quantitative estimate of drug-likeness (QED) is 0.792. The standard InChI is InChI=1S/C16H22N2O3S/c1-16(2,21)9-5-6-10-11(7-9)22-15(12(10)13(17)19)18-14(20)8-3-4-8/h8-9,21H,3-7H2,1-2H3,(H2,17,19)(H,18,20). The number of thiophene rings is 1. The lowest BCUT2D eigenvalue weighted by molar-refractivity contribution is -0.117. The first-order chi connectivity index (χ1) is 10.3. The Bertz CT molecular complexity index is 626. The Balaban J connectivity index is 1.90. The average molecular weight is 322 g/mol. The first-order valence-electron chi connectivity index (χ1n) is 7.75. The van der Waals surface area contributed by atoms with Crippen LogP contribution in [0.3, 0.4) is 0 Å². The van der Waals surface area contributed by atoms with Crippen LogP contribution >= 0.6 is 11.3 Å². The molecule has 0 aromatic carbocycles. The summed E-state index contributed by atoms with van der Waals surface area (Å²) in [6, 6.07) is 0. The molecular weight excluding hydrogens is 300 g/mol. The van der Waals surface area contributed by atoms with Crippen molar-refractivity contribution in [3.63, 3.8) is 0 Å². The number of fused-ring (bicyclic) bond motifs is 1. The van der Waals surface area contributed by atoms with Gasteiger partial charge in [0.1, 0.15) is 5.00 Å². The van der Waals surface area contributed by atoms with E-state index in [1.165, 1.54) is 11.3 Å². The summed E-state index contributed by atoms with van der Waals surface area (Å²) in [6.45, 7) is 3.64. The highest BCUT2D eigenvalue weighted by Crippen LogP contribution is 2.42. The summed E-state index contributed by atoms with van der Waals surface area (Å²) in [5.41, 5.74) is 6.23. The van der Waals surface area contributed by atoms with Gasteiger partial charge < -0.3 is 16.2 Å². The summed E-state index contributed by atoms with van der Waals surface area (Å²) in [5, 5.41) is 13.7. The molecule has 1 aromatic heterocycles. The zero-order valence-electron chi connectivity index (χ0n) is 12.9. The first kappa shape index (κ1) is 15.5. The van der Waals surface area contributed by atoms with Gasteiger partial charge in [-0.25, -0.2) is 0 Å². The molecule has 2 aliphatic rings. The van der Waals surface area contributed by atoms with E-state index in [0.29, 0.717) is 10.6 Å². The van der Waals surface area contributed by atoms with Gasteiger partial charge in [-0.1, -0.05) is 0 Å². The molecule has 0 bridgehead atoms. The van der Waals surface area contributed by atoms with Crippen molar-refractivity contribution in [2.75, 3.05) is 5.32 Å². The maximum absolute atomic E-state index is 12.0. The van der Waals surface area contributed by atoms with Crippen molar-refractivity contribution in [2.24, 2.45) is 17.6 Å². The van der Waals surface area contributed by atoms with E-state index in [0.717, 1.165) is 42.5 Å². The number of primary amides is 1. The number of amides is 2. The maximum atomic E-state index is 12.0. The average Bonchev–Trinajstić information content (AvgIpc) is 3.18. The fourth-order valence-electron chi connectivity index (χ4n) is 3.10. The summed E-state index contributed by atoms with van der Waals surface area (Å²) in [6.07, 6.45) is 4.11. The zero-order chi connectivity index (χ0) is 16.1. The van der Waals surface area contributed by atoms with Crippen molar-refractivity contribution in [3.05, 3.63) is 16.0 Å². The Kier molecular flexibility index (Phi) is 3.77. The second kappa shape index (κ2) is 5.35. The molecule has 6 heteroatoms. The van der Waals surface area contributed by atoms with Crippen molar-refractivity contribution in [3.8, 4) is 0 Å². The predicted molar refractivity (Wildman–Crippen MR) is 86.0 cm³/mol. The van der Waals surface area contributed by atoms with E-state index in [9.17, 15) is 14.7 Å². The Hall–Kier alpha value is -1.40. The van der Waals surface area contributed by atoms with Gasteiger partial charge in [0.05, 0.1) is 11.2 Å². The van der Waals surface area contributed by atoms with E-state index in [1.807, 2.05) is 13.8 Å². The summed E-state index contributed by atoms with van der Waals surface area (Å²) in [7, 11) is 0. The minimum Gasteiger partial charge on any atom is -0.390 e. The van der Waals surface area contributed by atoms with Gasteiger partial charge in [0, 0.05) is 10.8 Å². The Morgan fingerprint density at radius 3 is 2.55 bits per heavy atom. The van der Waals surface area contributed by atoms with Gasteiger partial charge in [-0.2, -0.15) is 0 Å².